The molecule has 0 aliphatic carbocycles. The molecule has 0 rings (SSSR count). The zero-order chi connectivity index (χ0) is 33.3. The quantitative estimate of drug-likeness (QED) is 0.0391. The highest BCUT2D eigenvalue weighted by atomic mass is 31.2. The van der Waals surface area contributed by atoms with Crippen molar-refractivity contribution in [3.63, 3.8) is 0 Å². The molecular formula is C36H71O8P. The fraction of sp³-hybridized carbons (Fsp3) is 0.944. The normalized spacial score (nSPS) is 12.4. The summed E-state index contributed by atoms with van der Waals surface area (Å²) in [5, 5.41) is 0. The van der Waals surface area contributed by atoms with E-state index >= 15 is 0 Å². The van der Waals surface area contributed by atoms with Crippen LogP contribution < -0.4 is 0 Å². The molecule has 0 heterocycles. The van der Waals surface area contributed by atoms with Crippen molar-refractivity contribution in [1.29, 1.82) is 0 Å². The molecule has 0 aliphatic heterocycles. The van der Waals surface area contributed by atoms with E-state index in [9.17, 15) is 14.2 Å². The summed E-state index contributed by atoms with van der Waals surface area (Å²) in [6.07, 6.45) is 32.6. The van der Waals surface area contributed by atoms with Crippen molar-refractivity contribution < 1.29 is 37.9 Å². The molecule has 0 saturated carbocycles. The molecular weight excluding hydrogens is 591 g/mol. The lowest BCUT2D eigenvalue weighted by Gasteiger charge is -2.18. The number of esters is 2. The van der Waals surface area contributed by atoms with Gasteiger partial charge < -0.3 is 19.3 Å². The van der Waals surface area contributed by atoms with Crippen LogP contribution in [0.3, 0.4) is 0 Å². The second-order valence-electron chi connectivity index (χ2n) is 12.9. The molecule has 0 spiro atoms. The number of hydrogen-bond acceptors (Lipinski definition) is 6. The molecule has 0 radical (unpaired) electrons. The maximum absolute atomic E-state index is 12.3. The van der Waals surface area contributed by atoms with E-state index in [-0.39, 0.29) is 19.4 Å². The first-order valence-corrected chi connectivity index (χ1v) is 20.4. The molecule has 268 valence electrons. The number of carbonyl (C=O) groups excluding carboxylic acids is 2. The summed E-state index contributed by atoms with van der Waals surface area (Å²) >= 11 is 0. The van der Waals surface area contributed by atoms with Gasteiger partial charge in [0.05, 0.1) is 6.61 Å². The largest absolute Gasteiger partial charge is 0.469 e. The van der Waals surface area contributed by atoms with Crippen molar-refractivity contribution in [1.82, 2.24) is 0 Å². The fourth-order valence-corrected chi connectivity index (χ4v) is 5.91. The average Bonchev–Trinajstić information content (AvgIpc) is 3.00. The van der Waals surface area contributed by atoms with Gasteiger partial charge in [-0.3, -0.25) is 14.1 Å². The van der Waals surface area contributed by atoms with Gasteiger partial charge in [0.1, 0.15) is 6.61 Å². The highest BCUT2D eigenvalue weighted by molar-refractivity contribution is 7.46. The molecule has 8 nitrogen and oxygen atoms in total. The Kier molecular flexibility index (Phi) is 32.3. The number of carbonyl (C=O) groups is 2. The molecule has 0 aromatic carbocycles. The van der Waals surface area contributed by atoms with Gasteiger partial charge in [0.25, 0.3) is 0 Å². The lowest BCUT2D eigenvalue weighted by molar-refractivity contribution is -0.161. The lowest BCUT2D eigenvalue weighted by atomic mass is 10.0. The number of phosphoric acid groups is 1. The third-order valence-electron chi connectivity index (χ3n) is 8.38. The standard InChI is InChI=1S/C36H71O8P/c1-3-5-7-9-11-13-15-16-17-18-19-20-21-23-24-26-28-30-35(37)42-32-34(33-43-45(39,40)41)44-36(38)31-29-27-25-22-14-12-10-8-6-4-2/h34H,3-33H2,1-2H3,(H2,39,40,41)/t34-/m1/s1. The van der Waals surface area contributed by atoms with Crippen molar-refractivity contribution in [2.24, 2.45) is 0 Å². The first-order valence-electron chi connectivity index (χ1n) is 18.8. The zero-order valence-corrected chi connectivity index (χ0v) is 30.2. The van der Waals surface area contributed by atoms with Gasteiger partial charge in [-0.15, -0.1) is 0 Å². The molecule has 45 heavy (non-hydrogen) atoms. The molecule has 0 unspecified atom stereocenters. The van der Waals surface area contributed by atoms with Crippen LogP contribution in [0, 0.1) is 0 Å². The second-order valence-corrected chi connectivity index (χ2v) is 14.2. The van der Waals surface area contributed by atoms with Crippen LogP contribution in [0.25, 0.3) is 0 Å². The SMILES string of the molecule is CCCCCCCCCCCCCCCCCCCC(=O)OC[C@H](COP(=O)(O)O)OC(=O)CCCCCCCCCCCC. The molecule has 0 fully saturated rings. The summed E-state index contributed by atoms with van der Waals surface area (Å²) in [7, 11) is -4.74. The predicted molar refractivity (Wildman–Crippen MR) is 184 cm³/mol. The third-order valence-corrected chi connectivity index (χ3v) is 8.86. The third kappa shape index (κ3) is 35.7. The number of rotatable bonds is 35. The predicted octanol–water partition coefficient (Wildman–Crippen LogP) is 10.9. The van der Waals surface area contributed by atoms with Crippen LogP contribution in [0.1, 0.15) is 200 Å². The van der Waals surface area contributed by atoms with Gasteiger partial charge in [0.15, 0.2) is 6.10 Å². The van der Waals surface area contributed by atoms with Crippen molar-refractivity contribution in [2.45, 2.75) is 206 Å². The summed E-state index contributed by atoms with van der Waals surface area (Å²) in [6.45, 7) is 3.68. The van der Waals surface area contributed by atoms with E-state index in [1.807, 2.05) is 0 Å². The summed E-state index contributed by atoms with van der Waals surface area (Å²) in [5.41, 5.74) is 0. The van der Waals surface area contributed by atoms with E-state index in [0.29, 0.717) is 6.42 Å². The van der Waals surface area contributed by atoms with Crippen molar-refractivity contribution >= 4 is 19.8 Å². The summed E-state index contributed by atoms with van der Waals surface area (Å²) < 4.78 is 26.3. The van der Waals surface area contributed by atoms with Gasteiger partial charge in [0.2, 0.25) is 0 Å². The minimum atomic E-state index is -4.74. The van der Waals surface area contributed by atoms with Crippen LogP contribution >= 0.6 is 7.82 Å². The molecule has 0 amide bonds. The van der Waals surface area contributed by atoms with Crippen LogP contribution in [0.4, 0.5) is 0 Å². The Labute approximate surface area is 276 Å². The molecule has 1 atom stereocenters. The number of ether oxygens (including phenoxy) is 2. The fourth-order valence-electron chi connectivity index (χ4n) is 5.55. The Morgan fingerprint density at radius 3 is 1.13 bits per heavy atom. The minimum Gasteiger partial charge on any atom is -0.462 e. The van der Waals surface area contributed by atoms with E-state index < -0.39 is 32.5 Å². The molecule has 0 aromatic heterocycles. The maximum atomic E-state index is 12.3. The van der Waals surface area contributed by atoms with Gasteiger partial charge in [0, 0.05) is 12.8 Å². The van der Waals surface area contributed by atoms with Gasteiger partial charge in [-0.2, -0.15) is 0 Å². The monoisotopic (exact) mass is 662 g/mol. The Balaban J connectivity index is 3.87. The molecule has 0 bridgehead atoms. The van der Waals surface area contributed by atoms with Crippen LogP contribution in [-0.4, -0.2) is 41.0 Å². The maximum Gasteiger partial charge on any atom is 0.469 e. The van der Waals surface area contributed by atoms with Crippen molar-refractivity contribution in [3.05, 3.63) is 0 Å². The molecule has 2 N–H and O–H groups in total. The van der Waals surface area contributed by atoms with Crippen LogP contribution in [0.15, 0.2) is 0 Å². The van der Waals surface area contributed by atoms with Crippen molar-refractivity contribution in [2.75, 3.05) is 13.2 Å². The Bertz CT molecular complexity index is 711. The summed E-state index contributed by atoms with van der Waals surface area (Å²) in [5.74, 6) is -0.874. The van der Waals surface area contributed by atoms with Crippen molar-refractivity contribution in [3.8, 4) is 0 Å². The van der Waals surface area contributed by atoms with E-state index in [1.54, 1.807) is 0 Å². The lowest BCUT2D eigenvalue weighted by Crippen LogP contribution is -2.29. The first kappa shape index (κ1) is 44.0. The highest BCUT2D eigenvalue weighted by Crippen LogP contribution is 2.36. The van der Waals surface area contributed by atoms with E-state index in [0.717, 1.165) is 38.5 Å². The van der Waals surface area contributed by atoms with Crippen LogP contribution in [-0.2, 0) is 28.2 Å². The molecule has 0 aromatic rings. The van der Waals surface area contributed by atoms with Gasteiger partial charge in [-0.25, -0.2) is 4.57 Å². The number of unbranched alkanes of at least 4 members (excludes halogenated alkanes) is 25. The van der Waals surface area contributed by atoms with Crippen LogP contribution in [0.5, 0.6) is 0 Å². The van der Waals surface area contributed by atoms with E-state index in [2.05, 4.69) is 18.4 Å². The Morgan fingerprint density at radius 2 is 0.800 bits per heavy atom. The minimum absolute atomic E-state index is 0.218. The van der Waals surface area contributed by atoms with Gasteiger partial charge in [-0.05, 0) is 12.8 Å². The number of phosphoric ester groups is 1. The Hall–Kier alpha value is -0.950. The highest BCUT2D eigenvalue weighted by Gasteiger charge is 2.22. The summed E-state index contributed by atoms with van der Waals surface area (Å²) in [6, 6.07) is 0. The second kappa shape index (κ2) is 33.0. The topological polar surface area (TPSA) is 119 Å². The zero-order valence-electron chi connectivity index (χ0n) is 29.3. The smallest absolute Gasteiger partial charge is 0.462 e. The van der Waals surface area contributed by atoms with E-state index in [4.69, 9.17) is 19.3 Å². The number of hydrogen-bond donors (Lipinski definition) is 2. The first-order chi connectivity index (χ1) is 21.8. The van der Waals surface area contributed by atoms with E-state index in [1.165, 1.54) is 128 Å². The Morgan fingerprint density at radius 1 is 0.489 bits per heavy atom. The van der Waals surface area contributed by atoms with Gasteiger partial charge in [-0.1, -0.05) is 174 Å². The molecule has 9 heteroatoms. The average molecular weight is 663 g/mol. The van der Waals surface area contributed by atoms with Crippen LogP contribution in [0.2, 0.25) is 0 Å². The van der Waals surface area contributed by atoms with Gasteiger partial charge >= 0.3 is 19.8 Å². The molecule has 0 aliphatic rings. The summed E-state index contributed by atoms with van der Waals surface area (Å²) in [4.78, 5) is 42.6. The molecule has 0 saturated heterocycles.